The largest absolute Gasteiger partial charge is 0.443 e. The van der Waals surface area contributed by atoms with Crippen molar-refractivity contribution in [2.24, 2.45) is 0 Å². The summed E-state index contributed by atoms with van der Waals surface area (Å²) in [4.78, 5) is 28.5. The first-order valence-electron chi connectivity index (χ1n) is 7.42. The minimum atomic E-state index is -0.403. The van der Waals surface area contributed by atoms with Crippen LogP contribution in [0, 0.1) is 19.7 Å². The lowest BCUT2D eigenvalue weighted by Crippen LogP contribution is -2.32. The predicted molar refractivity (Wildman–Crippen MR) is 86.0 cm³/mol. The average molecular weight is 329 g/mol. The van der Waals surface area contributed by atoms with Gasteiger partial charge in [0.05, 0.1) is 0 Å². The van der Waals surface area contributed by atoms with Crippen molar-refractivity contribution in [3.8, 4) is 0 Å². The van der Waals surface area contributed by atoms with Gasteiger partial charge in [-0.05, 0) is 19.9 Å². The van der Waals surface area contributed by atoms with Crippen molar-refractivity contribution in [2.75, 3.05) is 0 Å². The van der Waals surface area contributed by atoms with Crippen LogP contribution in [0.25, 0.3) is 11.1 Å². The zero-order valence-electron chi connectivity index (χ0n) is 13.3. The molecule has 0 radical (unpaired) electrons. The molecule has 0 aliphatic heterocycles. The van der Waals surface area contributed by atoms with Gasteiger partial charge in [0.25, 0.3) is 5.56 Å². The van der Waals surface area contributed by atoms with Gasteiger partial charge in [-0.25, -0.2) is 9.37 Å². The van der Waals surface area contributed by atoms with E-state index in [0.29, 0.717) is 22.3 Å². The maximum Gasteiger partial charge on any atom is 0.265 e. The normalized spacial score (nSPS) is 11.0. The third-order valence-corrected chi connectivity index (χ3v) is 3.90. The van der Waals surface area contributed by atoms with E-state index in [4.69, 9.17) is 4.42 Å². The molecule has 3 rings (SSSR count). The van der Waals surface area contributed by atoms with Crippen LogP contribution in [0.5, 0.6) is 0 Å². The lowest BCUT2D eigenvalue weighted by molar-refractivity contribution is -0.121. The number of fused-ring (bicyclic) bond motifs is 1. The summed E-state index contributed by atoms with van der Waals surface area (Å²) >= 11 is 0. The van der Waals surface area contributed by atoms with Crippen molar-refractivity contribution in [2.45, 2.75) is 26.9 Å². The molecule has 0 aliphatic rings. The van der Waals surface area contributed by atoms with Crippen LogP contribution in [0.1, 0.15) is 16.9 Å². The molecule has 0 saturated heterocycles. The summed E-state index contributed by atoms with van der Waals surface area (Å²) in [7, 11) is 0. The lowest BCUT2D eigenvalue weighted by Gasteiger charge is -2.08. The summed E-state index contributed by atoms with van der Waals surface area (Å²) in [5.41, 5.74) is 1.02. The molecule has 3 aromatic rings. The fourth-order valence-corrected chi connectivity index (χ4v) is 2.43. The molecule has 0 aliphatic carbocycles. The van der Waals surface area contributed by atoms with Crippen molar-refractivity contribution >= 4 is 17.0 Å². The summed E-state index contributed by atoms with van der Waals surface area (Å²) < 4.78 is 20.1. The van der Waals surface area contributed by atoms with Crippen LogP contribution in [-0.2, 0) is 17.9 Å². The van der Waals surface area contributed by atoms with Gasteiger partial charge in [0.15, 0.2) is 0 Å². The Bertz CT molecular complexity index is 975. The van der Waals surface area contributed by atoms with E-state index in [1.165, 1.54) is 17.0 Å². The number of carbonyl (C=O) groups excluding carboxylic acids is 1. The maximum atomic E-state index is 13.5. The molecule has 0 bridgehead atoms. The Balaban J connectivity index is 1.76. The molecule has 2 aromatic heterocycles. The predicted octanol–water partition coefficient (Wildman–Crippen LogP) is 2.06. The van der Waals surface area contributed by atoms with E-state index in [1.807, 2.05) is 0 Å². The molecule has 0 saturated carbocycles. The number of halogens is 1. The molecule has 0 spiro atoms. The minimum absolute atomic E-state index is 0.0553. The molecule has 6 nitrogen and oxygen atoms in total. The maximum absolute atomic E-state index is 13.5. The summed E-state index contributed by atoms with van der Waals surface area (Å²) in [5.74, 6) is -0.168. The zero-order chi connectivity index (χ0) is 17.3. The number of amides is 1. The first-order chi connectivity index (χ1) is 11.5. The number of furan rings is 1. The standard InChI is InChI=1S/C17H16FN3O3/c1-10-11(2)24-16-15(10)17(23)21(9-20-16)8-14(22)19-7-12-5-3-4-6-13(12)18/h3-6,9H,7-8H2,1-2H3,(H,19,22). The molecule has 1 amide bonds. The number of rotatable bonds is 4. The minimum Gasteiger partial charge on any atom is -0.443 e. The molecule has 1 N–H and O–H groups in total. The number of hydrogen-bond acceptors (Lipinski definition) is 4. The topological polar surface area (TPSA) is 77.1 Å². The quantitative estimate of drug-likeness (QED) is 0.795. The van der Waals surface area contributed by atoms with Crippen molar-refractivity contribution in [3.05, 3.63) is 63.7 Å². The van der Waals surface area contributed by atoms with Crippen molar-refractivity contribution in [1.82, 2.24) is 14.9 Å². The fourth-order valence-electron chi connectivity index (χ4n) is 2.43. The highest BCUT2D eigenvalue weighted by atomic mass is 19.1. The first-order valence-corrected chi connectivity index (χ1v) is 7.42. The number of aryl methyl sites for hydroxylation is 2. The first kappa shape index (κ1) is 15.9. The van der Waals surface area contributed by atoms with Gasteiger partial charge in [-0.1, -0.05) is 18.2 Å². The summed E-state index contributed by atoms with van der Waals surface area (Å²) in [5, 5.41) is 2.97. The van der Waals surface area contributed by atoms with Crippen LogP contribution in [0.4, 0.5) is 4.39 Å². The smallest absolute Gasteiger partial charge is 0.265 e. The van der Waals surface area contributed by atoms with Gasteiger partial charge >= 0.3 is 0 Å². The average Bonchev–Trinajstić information content (AvgIpc) is 2.85. The van der Waals surface area contributed by atoms with Crippen molar-refractivity contribution < 1.29 is 13.6 Å². The summed E-state index contributed by atoms with van der Waals surface area (Å²) in [6.07, 6.45) is 1.27. The highest BCUT2D eigenvalue weighted by Crippen LogP contribution is 2.18. The van der Waals surface area contributed by atoms with Crippen LogP contribution in [0.15, 0.2) is 39.8 Å². The number of nitrogens with zero attached hydrogens (tertiary/aromatic N) is 2. The van der Waals surface area contributed by atoms with E-state index in [0.717, 1.165) is 0 Å². The molecular formula is C17H16FN3O3. The third kappa shape index (κ3) is 2.92. The van der Waals surface area contributed by atoms with Gasteiger partial charge in [-0.15, -0.1) is 0 Å². The number of hydrogen-bond donors (Lipinski definition) is 1. The van der Waals surface area contributed by atoms with E-state index < -0.39 is 5.91 Å². The van der Waals surface area contributed by atoms with Crippen LogP contribution < -0.4 is 10.9 Å². The van der Waals surface area contributed by atoms with E-state index in [9.17, 15) is 14.0 Å². The Labute approximate surface area is 136 Å². The molecule has 7 heteroatoms. The van der Waals surface area contributed by atoms with E-state index in [2.05, 4.69) is 10.3 Å². The molecular weight excluding hydrogens is 313 g/mol. The molecule has 0 fully saturated rings. The van der Waals surface area contributed by atoms with Gasteiger partial charge in [0, 0.05) is 17.7 Å². The second-order valence-corrected chi connectivity index (χ2v) is 5.51. The van der Waals surface area contributed by atoms with Gasteiger partial charge in [-0.2, -0.15) is 0 Å². The monoisotopic (exact) mass is 329 g/mol. The number of carbonyl (C=O) groups is 1. The second kappa shape index (κ2) is 6.27. The van der Waals surface area contributed by atoms with Crippen molar-refractivity contribution in [3.63, 3.8) is 0 Å². The Morgan fingerprint density at radius 2 is 2.08 bits per heavy atom. The molecule has 2 heterocycles. The summed E-state index contributed by atoms with van der Waals surface area (Å²) in [6.45, 7) is 3.38. The lowest BCUT2D eigenvalue weighted by atomic mass is 10.2. The number of benzene rings is 1. The molecule has 24 heavy (non-hydrogen) atoms. The molecule has 1 aromatic carbocycles. The van der Waals surface area contributed by atoms with E-state index >= 15 is 0 Å². The van der Waals surface area contributed by atoms with Crippen LogP contribution in [0.3, 0.4) is 0 Å². The Morgan fingerprint density at radius 1 is 1.33 bits per heavy atom. The van der Waals surface area contributed by atoms with Crippen LogP contribution in [-0.4, -0.2) is 15.5 Å². The van der Waals surface area contributed by atoms with Gasteiger partial charge < -0.3 is 9.73 Å². The van der Waals surface area contributed by atoms with Crippen LogP contribution >= 0.6 is 0 Å². The second-order valence-electron chi connectivity index (χ2n) is 5.51. The fraction of sp³-hybridized carbons (Fsp3) is 0.235. The SMILES string of the molecule is Cc1oc2ncn(CC(=O)NCc3ccccc3F)c(=O)c2c1C. The Morgan fingerprint density at radius 3 is 2.83 bits per heavy atom. The highest BCUT2D eigenvalue weighted by Gasteiger charge is 2.15. The van der Waals surface area contributed by atoms with Crippen molar-refractivity contribution in [1.29, 1.82) is 0 Å². The molecule has 0 atom stereocenters. The number of aromatic nitrogens is 2. The number of nitrogens with one attached hydrogen (secondary N) is 1. The van der Waals surface area contributed by atoms with E-state index in [-0.39, 0.29) is 30.2 Å². The summed E-state index contributed by atoms with van der Waals surface area (Å²) in [6, 6.07) is 6.19. The zero-order valence-corrected chi connectivity index (χ0v) is 13.3. The van der Waals surface area contributed by atoms with E-state index in [1.54, 1.807) is 32.0 Å². The van der Waals surface area contributed by atoms with Gasteiger partial charge in [-0.3, -0.25) is 14.2 Å². The van der Waals surface area contributed by atoms with Gasteiger partial charge in [0.1, 0.15) is 29.8 Å². The Kier molecular flexibility index (Phi) is 4.16. The highest BCUT2D eigenvalue weighted by molar-refractivity contribution is 5.79. The van der Waals surface area contributed by atoms with Crippen LogP contribution in [0.2, 0.25) is 0 Å². The van der Waals surface area contributed by atoms with Gasteiger partial charge in [0.2, 0.25) is 11.6 Å². The molecule has 0 unspecified atom stereocenters. The Hall–Kier alpha value is -2.96. The molecule has 124 valence electrons. The third-order valence-electron chi connectivity index (χ3n) is 3.90.